The number of hydrogen-bond acceptors (Lipinski definition) is 2. The van der Waals surface area contributed by atoms with Gasteiger partial charge in [0.15, 0.2) is 0 Å². The van der Waals surface area contributed by atoms with Crippen LogP contribution in [0.1, 0.15) is 5.56 Å². The van der Waals surface area contributed by atoms with Crippen LogP contribution in [0.15, 0.2) is 47.3 Å². The fourth-order valence-electron chi connectivity index (χ4n) is 2.16. The molecule has 0 aliphatic carbocycles. The highest BCUT2D eigenvalue weighted by Crippen LogP contribution is 2.20. The number of aromatic amines is 1. The van der Waals surface area contributed by atoms with Crippen molar-refractivity contribution in [1.29, 1.82) is 0 Å². The Balaban J connectivity index is 2.41. The Kier molecular flexibility index (Phi) is 2.23. The number of anilines is 1. The maximum Gasteiger partial charge on any atom is 0.331 e. The lowest BCUT2D eigenvalue weighted by atomic mass is 10.1. The van der Waals surface area contributed by atoms with Crippen LogP contribution >= 0.6 is 0 Å². The summed E-state index contributed by atoms with van der Waals surface area (Å²) in [7, 11) is 0. The molecule has 2 aromatic carbocycles. The van der Waals surface area contributed by atoms with Gasteiger partial charge in [-0.3, -0.25) is 4.57 Å². The first-order valence-corrected chi connectivity index (χ1v) is 5.73. The highest BCUT2D eigenvalue weighted by Gasteiger charge is 2.10. The van der Waals surface area contributed by atoms with E-state index in [-0.39, 0.29) is 5.69 Å². The quantitative estimate of drug-likeness (QED) is 0.639. The van der Waals surface area contributed by atoms with E-state index in [1.54, 1.807) is 4.57 Å². The zero-order valence-corrected chi connectivity index (χ0v) is 9.97. The maximum atomic E-state index is 12.1. The van der Waals surface area contributed by atoms with E-state index in [9.17, 15) is 4.79 Å². The van der Waals surface area contributed by atoms with Crippen molar-refractivity contribution in [3.05, 3.63) is 58.5 Å². The Morgan fingerprint density at radius 1 is 1.17 bits per heavy atom. The number of imidazole rings is 1. The molecule has 1 heterocycles. The van der Waals surface area contributed by atoms with Crippen molar-refractivity contribution in [1.82, 2.24) is 9.55 Å². The third-order valence-electron chi connectivity index (χ3n) is 3.06. The predicted octanol–water partition coefficient (Wildman–Crippen LogP) is 2.21. The van der Waals surface area contributed by atoms with Crippen LogP contribution in [0.4, 0.5) is 5.69 Å². The molecule has 3 rings (SSSR count). The monoisotopic (exact) mass is 239 g/mol. The van der Waals surface area contributed by atoms with Gasteiger partial charge in [-0.1, -0.05) is 18.2 Å². The second kappa shape index (κ2) is 3.77. The number of rotatable bonds is 1. The summed E-state index contributed by atoms with van der Waals surface area (Å²) in [5.41, 5.74) is 9.81. The fourth-order valence-corrected chi connectivity index (χ4v) is 2.16. The summed E-state index contributed by atoms with van der Waals surface area (Å²) in [4.78, 5) is 14.9. The summed E-state index contributed by atoms with van der Waals surface area (Å²) >= 11 is 0. The van der Waals surface area contributed by atoms with E-state index in [4.69, 9.17) is 5.73 Å². The average Bonchev–Trinajstić information content (AvgIpc) is 2.68. The first-order chi connectivity index (χ1) is 8.66. The van der Waals surface area contributed by atoms with Gasteiger partial charge < -0.3 is 10.7 Å². The zero-order valence-electron chi connectivity index (χ0n) is 9.97. The SMILES string of the molecule is Cc1ccc(N)cc1-n1c(=O)[nH]c2ccccc21. The van der Waals surface area contributed by atoms with E-state index in [0.717, 1.165) is 22.3 Å². The van der Waals surface area contributed by atoms with Gasteiger partial charge >= 0.3 is 5.69 Å². The molecule has 3 aromatic rings. The van der Waals surface area contributed by atoms with E-state index in [2.05, 4.69) is 4.98 Å². The molecule has 0 spiro atoms. The number of benzene rings is 2. The molecule has 1 aromatic heterocycles. The van der Waals surface area contributed by atoms with Crippen molar-refractivity contribution in [2.24, 2.45) is 0 Å². The number of aromatic nitrogens is 2. The summed E-state index contributed by atoms with van der Waals surface area (Å²) in [5, 5.41) is 0. The number of nitrogens with one attached hydrogen (secondary N) is 1. The number of fused-ring (bicyclic) bond motifs is 1. The molecule has 0 aliphatic rings. The van der Waals surface area contributed by atoms with Gasteiger partial charge in [-0.2, -0.15) is 0 Å². The molecule has 0 amide bonds. The molecule has 0 saturated heterocycles. The van der Waals surface area contributed by atoms with Crippen LogP contribution in [0, 0.1) is 6.92 Å². The molecule has 4 nitrogen and oxygen atoms in total. The van der Waals surface area contributed by atoms with Crippen molar-refractivity contribution >= 4 is 16.7 Å². The van der Waals surface area contributed by atoms with Crippen LogP contribution in [0.25, 0.3) is 16.7 Å². The predicted molar refractivity (Wildman–Crippen MR) is 73.0 cm³/mol. The molecule has 3 N–H and O–H groups in total. The van der Waals surface area contributed by atoms with E-state index in [1.165, 1.54) is 0 Å². The van der Waals surface area contributed by atoms with Gasteiger partial charge in [-0.15, -0.1) is 0 Å². The molecule has 0 aliphatic heterocycles. The van der Waals surface area contributed by atoms with Crippen molar-refractivity contribution < 1.29 is 0 Å². The molecule has 4 heteroatoms. The van der Waals surface area contributed by atoms with Gasteiger partial charge in [0.2, 0.25) is 0 Å². The van der Waals surface area contributed by atoms with E-state index >= 15 is 0 Å². The zero-order chi connectivity index (χ0) is 12.7. The second-order valence-electron chi connectivity index (χ2n) is 4.33. The summed E-state index contributed by atoms with van der Waals surface area (Å²) in [6.07, 6.45) is 0. The number of aryl methyl sites for hydroxylation is 1. The van der Waals surface area contributed by atoms with Crippen molar-refractivity contribution in [3.8, 4) is 5.69 Å². The lowest BCUT2D eigenvalue weighted by Gasteiger charge is -2.08. The number of nitrogens with two attached hydrogens (primary N) is 1. The van der Waals surface area contributed by atoms with Gasteiger partial charge in [0, 0.05) is 5.69 Å². The molecular weight excluding hydrogens is 226 g/mol. The number of nitrogens with zero attached hydrogens (tertiary/aromatic N) is 1. The Hall–Kier alpha value is -2.49. The highest BCUT2D eigenvalue weighted by molar-refractivity contribution is 5.77. The molecular formula is C14H13N3O. The largest absolute Gasteiger partial charge is 0.399 e. The topological polar surface area (TPSA) is 63.8 Å². The molecule has 0 fully saturated rings. The van der Waals surface area contributed by atoms with Gasteiger partial charge in [-0.05, 0) is 36.8 Å². The van der Waals surface area contributed by atoms with Crippen LogP contribution in [0.2, 0.25) is 0 Å². The average molecular weight is 239 g/mol. The summed E-state index contributed by atoms with van der Waals surface area (Å²) < 4.78 is 1.65. The number of H-pyrrole nitrogens is 1. The van der Waals surface area contributed by atoms with Crippen LogP contribution in [0.3, 0.4) is 0 Å². The van der Waals surface area contributed by atoms with Gasteiger partial charge in [0.1, 0.15) is 0 Å². The number of hydrogen-bond donors (Lipinski definition) is 2. The molecule has 0 radical (unpaired) electrons. The summed E-state index contributed by atoms with van der Waals surface area (Å²) in [6, 6.07) is 13.2. The molecule has 90 valence electrons. The van der Waals surface area contributed by atoms with Crippen LogP contribution in [-0.4, -0.2) is 9.55 Å². The molecule has 0 bridgehead atoms. The smallest absolute Gasteiger partial charge is 0.331 e. The molecule has 0 saturated carbocycles. The Labute approximate surface area is 104 Å². The minimum absolute atomic E-state index is 0.148. The minimum Gasteiger partial charge on any atom is -0.399 e. The maximum absolute atomic E-state index is 12.1. The van der Waals surface area contributed by atoms with Gasteiger partial charge in [0.25, 0.3) is 0 Å². The standard InChI is InChI=1S/C14H13N3O/c1-9-6-7-10(15)8-13(9)17-12-5-3-2-4-11(12)16-14(17)18/h2-8H,15H2,1H3,(H,16,18). The van der Waals surface area contributed by atoms with E-state index in [1.807, 2.05) is 49.4 Å². The van der Waals surface area contributed by atoms with Crippen LogP contribution < -0.4 is 11.4 Å². The Bertz CT molecular complexity index is 783. The third kappa shape index (κ3) is 1.50. The van der Waals surface area contributed by atoms with Crippen LogP contribution in [0.5, 0.6) is 0 Å². The first-order valence-electron chi connectivity index (χ1n) is 5.73. The lowest BCUT2D eigenvalue weighted by molar-refractivity contribution is 1.00. The lowest BCUT2D eigenvalue weighted by Crippen LogP contribution is -2.15. The fraction of sp³-hybridized carbons (Fsp3) is 0.0714. The van der Waals surface area contributed by atoms with Crippen molar-refractivity contribution in [2.75, 3.05) is 5.73 Å². The van der Waals surface area contributed by atoms with E-state index in [0.29, 0.717) is 5.69 Å². The minimum atomic E-state index is -0.148. The molecule has 0 atom stereocenters. The molecule has 18 heavy (non-hydrogen) atoms. The molecule has 0 unspecified atom stereocenters. The second-order valence-corrected chi connectivity index (χ2v) is 4.33. The first kappa shape index (κ1) is 10.7. The van der Waals surface area contributed by atoms with E-state index < -0.39 is 0 Å². The third-order valence-corrected chi connectivity index (χ3v) is 3.06. The number of nitrogen functional groups attached to an aromatic ring is 1. The normalized spacial score (nSPS) is 10.9. The summed E-state index contributed by atoms with van der Waals surface area (Å²) in [6.45, 7) is 1.96. The Morgan fingerprint density at radius 2 is 1.94 bits per heavy atom. The highest BCUT2D eigenvalue weighted by atomic mass is 16.1. The summed E-state index contributed by atoms with van der Waals surface area (Å²) in [5.74, 6) is 0. The van der Waals surface area contributed by atoms with Crippen molar-refractivity contribution in [3.63, 3.8) is 0 Å². The Morgan fingerprint density at radius 3 is 2.78 bits per heavy atom. The number of para-hydroxylation sites is 2. The van der Waals surface area contributed by atoms with Gasteiger partial charge in [-0.25, -0.2) is 4.79 Å². The van der Waals surface area contributed by atoms with Crippen LogP contribution in [-0.2, 0) is 0 Å². The van der Waals surface area contributed by atoms with Gasteiger partial charge in [0.05, 0.1) is 16.7 Å². The van der Waals surface area contributed by atoms with Crippen molar-refractivity contribution in [2.45, 2.75) is 6.92 Å².